The second kappa shape index (κ2) is 6.38. The van der Waals surface area contributed by atoms with Gasteiger partial charge in [-0.15, -0.1) is 0 Å². The molecule has 0 unspecified atom stereocenters. The Morgan fingerprint density at radius 2 is 1.88 bits per heavy atom. The molecular formula is C16H14F4N2O2S. The third-order valence-electron chi connectivity index (χ3n) is 3.85. The first-order valence-corrected chi connectivity index (χ1v) is 8.92. The van der Waals surface area contributed by atoms with Crippen molar-refractivity contribution in [2.45, 2.75) is 36.5 Å². The van der Waals surface area contributed by atoms with Crippen LogP contribution in [0.2, 0.25) is 0 Å². The third kappa shape index (κ3) is 3.82. The maximum Gasteiger partial charge on any atom is 0.419 e. The molecule has 4 nitrogen and oxygen atoms in total. The van der Waals surface area contributed by atoms with E-state index >= 15 is 0 Å². The van der Waals surface area contributed by atoms with Crippen LogP contribution in [0.4, 0.5) is 17.6 Å². The van der Waals surface area contributed by atoms with Crippen LogP contribution in [0.15, 0.2) is 47.5 Å². The lowest BCUT2D eigenvalue weighted by Crippen LogP contribution is -2.33. The van der Waals surface area contributed by atoms with E-state index in [2.05, 4.69) is 4.98 Å². The molecule has 0 saturated heterocycles. The Kier molecular flexibility index (Phi) is 4.54. The number of sulfonamides is 1. The first kappa shape index (κ1) is 17.8. The first-order chi connectivity index (χ1) is 11.7. The lowest BCUT2D eigenvalue weighted by molar-refractivity contribution is -0.140. The Hall–Kier alpha value is -2.00. The predicted octanol–water partition coefficient (Wildman–Crippen LogP) is 3.59. The molecule has 1 aromatic heterocycles. The smallest absolute Gasteiger partial charge is 0.260 e. The van der Waals surface area contributed by atoms with Crippen LogP contribution in [-0.4, -0.2) is 23.7 Å². The first-order valence-electron chi connectivity index (χ1n) is 7.48. The number of alkyl halides is 3. The van der Waals surface area contributed by atoms with Gasteiger partial charge >= 0.3 is 6.18 Å². The summed E-state index contributed by atoms with van der Waals surface area (Å²) in [5, 5.41) is 0. The number of halogens is 4. The molecule has 1 aromatic carbocycles. The zero-order valence-electron chi connectivity index (χ0n) is 12.9. The number of hydrogen-bond acceptors (Lipinski definition) is 3. The van der Waals surface area contributed by atoms with Gasteiger partial charge in [0.25, 0.3) is 0 Å². The van der Waals surface area contributed by atoms with Crippen LogP contribution in [0.1, 0.15) is 24.1 Å². The van der Waals surface area contributed by atoms with Crippen molar-refractivity contribution in [2.24, 2.45) is 0 Å². The average molecular weight is 374 g/mol. The van der Waals surface area contributed by atoms with E-state index in [-0.39, 0.29) is 12.6 Å². The Morgan fingerprint density at radius 1 is 1.16 bits per heavy atom. The third-order valence-corrected chi connectivity index (χ3v) is 5.74. The van der Waals surface area contributed by atoms with Crippen LogP contribution < -0.4 is 0 Å². The summed E-state index contributed by atoms with van der Waals surface area (Å²) in [6, 6.07) is 6.45. The van der Waals surface area contributed by atoms with Crippen LogP contribution >= 0.6 is 0 Å². The van der Waals surface area contributed by atoms with Crippen LogP contribution in [0.25, 0.3) is 0 Å². The normalized spacial score (nSPS) is 15.6. The molecule has 1 fully saturated rings. The minimum atomic E-state index is -4.97. The molecular weight excluding hydrogens is 360 g/mol. The molecule has 1 saturated carbocycles. The van der Waals surface area contributed by atoms with Gasteiger partial charge in [0, 0.05) is 12.2 Å². The lowest BCUT2D eigenvalue weighted by atomic mass is 10.2. The Bertz CT molecular complexity index is 865. The van der Waals surface area contributed by atoms with Gasteiger partial charge in [-0.05, 0) is 43.2 Å². The average Bonchev–Trinajstić information content (AvgIpc) is 3.37. The maximum atomic E-state index is 13.4. The van der Waals surface area contributed by atoms with Gasteiger partial charge in [0.05, 0.1) is 22.7 Å². The van der Waals surface area contributed by atoms with E-state index in [1.807, 2.05) is 0 Å². The number of benzene rings is 1. The number of aromatic nitrogens is 1. The number of pyridine rings is 1. The van der Waals surface area contributed by atoms with Crippen LogP contribution in [0.3, 0.4) is 0 Å². The Morgan fingerprint density at radius 3 is 2.44 bits per heavy atom. The summed E-state index contributed by atoms with van der Waals surface area (Å²) >= 11 is 0. The number of rotatable bonds is 5. The second-order valence-electron chi connectivity index (χ2n) is 5.74. The standard InChI is InChI=1S/C16H14F4N2O2S/c17-15-7-6-13(9-14(15)16(18,19)20)25(23,24)22(12-4-5-12)10-11-3-1-2-8-21-11/h1-3,6-9,12H,4-5,10H2. The minimum absolute atomic E-state index is 0.0490. The molecule has 0 amide bonds. The van der Waals surface area contributed by atoms with Crippen molar-refractivity contribution in [3.05, 3.63) is 59.7 Å². The van der Waals surface area contributed by atoms with Crippen molar-refractivity contribution >= 4 is 10.0 Å². The molecule has 2 aromatic rings. The molecule has 0 aliphatic heterocycles. The Labute approximate surface area is 142 Å². The molecule has 9 heteroatoms. The monoisotopic (exact) mass is 374 g/mol. The minimum Gasteiger partial charge on any atom is -0.260 e. The van der Waals surface area contributed by atoms with Crippen molar-refractivity contribution in [2.75, 3.05) is 0 Å². The highest BCUT2D eigenvalue weighted by atomic mass is 32.2. The molecule has 3 rings (SSSR count). The van der Waals surface area contributed by atoms with E-state index in [0.717, 1.165) is 10.4 Å². The molecule has 25 heavy (non-hydrogen) atoms. The van der Waals surface area contributed by atoms with Gasteiger partial charge < -0.3 is 0 Å². The molecule has 1 heterocycles. The van der Waals surface area contributed by atoms with Gasteiger partial charge in [0.15, 0.2) is 0 Å². The summed E-state index contributed by atoms with van der Waals surface area (Å²) in [5.74, 6) is -1.51. The van der Waals surface area contributed by atoms with E-state index in [9.17, 15) is 26.0 Å². The second-order valence-corrected chi connectivity index (χ2v) is 7.63. The number of nitrogens with zero attached hydrogens (tertiary/aromatic N) is 2. The van der Waals surface area contributed by atoms with Crippen LogP contribution in [-0.2, 0) is 22.7 Å². The molecule has 0 bridgehead atoms. The molecule has 1 aliphatic rings. The largest absolute Gasteiger partial charge is 0.419 e. The topological polar surface area (TPSA) is 50.3 Å². The summed E-state index contributed by atoms with van der Waals surface area (Å²) in [6.45, 7) is -0.0490. The molecule has 1 aliphatic carbocycles. The van der Waals surface area contributed by atoms with E-state index in [0.29, 0.717) is 30.7 Å². The quantitative estimate of drug-likeness (QED) is 0.752. The summed E-state index contributed by atoms with van der Waals surface area (Å²) in [6.07, 6.45) is -2.22. The molecule has 134 valence electrons. The molecule has 0 radical (unpaired) electrons. The predicted molar refractivity (Wildman–Crippen MR) is 81.4 cm³/mol. The zero-order valence-corrected chi connectivity index (χ0v) is 13.7. The van der Waals surface area contributed by atoms with E-state index in [1.54, 1.807) is 18.2 Å². The Balaban J connectivity index is 1.99. The molecule has 0 atom stereocenters. The van der Waals surface area contributed by atoms with Gasteiger partial charge in [0.2, 0.25) is 10.0 Å². The fourth-order valence-electron chi connectivity index (χ4n) is 2.44. The fourth-order valence-corrected chi connectivity index (χ4v) is 4.12. The van der Waals surface area contributed by atoms with E-state index in [4.69, 9.17) is 0 Å². The van der Waals surface area contributed by atoms with Crippen LogP contribution in [0.5, 0.6) is 0 Å². The van der Waals surface area contributed by atoms with Gasteiger partial charge in [-0.3, -0.25) is 4.98 Å². The number of hydrogen-bond donors (Lipinski definition) is 0. The van der Waals surface area contributed by atoms with Gasteiger partial charge in [-0.2, -0.15) is 17.5 Å². The molecule has 0 spiro atoms. The van der Waals surface area contributed by atoms with Crippen molar-refractivity contribution in [1.82, 2.24) is 9.29 Å². The van der Waals surface area contributed by atoms with Gasteiger partial charge in [-0.25, -0.2) is 12.8 Å². The summed E-state index contributed by atoms with van der Waals surface area (Å²) in [4.78, 5) is 3.48. The zero-order chi connectivity index (χ0) is 18.2. The summed E-state index contributed by atoms with van der Waals surface area (Å²) in [7, 11) is -4.21. The SMILES string of the molecule is O=S(=O)(c1ccc(F)c(C(F)(F)F)c1)N(Cc1ccccn1)C1CC1. The van der Waals surface area contributed by atoms with Gasteiger partial charge in [-0.1, -0.05) is 6.07 Å². The fraction of sp³-hybridized carbons (Fsp3) is 0.312. The highest BCUT2D eigenvalue weighted by Crippen LogP contribution is 2.36. The van der Waals surface area contributed by atoms with Crippen LogP contribution in [0, 0.1) is 5.82 Å². The molecule has 0 N–H and O–H groups in total. The summed E-state index contributed by atoms with van der Waals surface area (Å²) in [5.41, 5.74) is -1.11. The van der Waals surface area contributed by atoms with Crippen molar-refractivity contribution in [1.29, 1.82) is 0 Å². The highest BCUT2D eigenvalue weighted by molar-refractivity contribution is 7.89. The summed E-state index contributed by atoms with van der Waals surface area (Å²) < 4.78 is 78.8. The van der Waals surface area contributed by atoms with Crippen molar-refractivity contribution < 1.29 is 26.0 Å². The highest BCUT2D eigenvalue weighted by Gasteiger charge is 2.40. The maximum absolute atomic E-state index is 13.4. The van der Waals surface area contributed by atoms with Crippen molar-refractivity contribution in [3.8, 4) is 0 Å². The van der Waals surface area contributed by atoms with Crippen molar-refractivity contribution in [3.63, 3.8) is 0 Å². The van der Waals surface area contributed by atoms with Gasteiger partial charge in [0.1, 0.15) is 5.82 Å². The van der Waals surface area contributed by atoms with E-state index in [1.165, 1.54) is 6.20 Å². The lowest BCUT2D eigenvalue weighted by Gasteiger charge is -2.22. The van der Waals surface area contributed by atoms with E-state index < -0.39 is 32.5 Å².